The number of carbonyl (C=O) groups excluding carboxylic acids is 1. The van der Waals surface area contributed by atoms with Gasteiger partial charge in [0.15, 0.2) is 0 Å². The molecule has 0 saturated heterocycles. The lowest BCUT2D eigenvalue weighted by molar-refractivity contribution is -0.115. The van der Waals surface area contributed by atoms with E-state index >= 15 is 0 Å². The van der Waals surface area contributed by atoms with E-state index in [4.69, 9.17) is 4.98 Å². The first-order chi connectivity index (χ1) is 12.8. The Kier molecular flexibility index (Phi) is 3.45. The van der Waals surface area contributed by atoms with Gasteiger partial charge in [-0.2, -0.15) is 0 Å². The number of aromatic nitrogens is 2. The van der Waals surface area contributed by atoms with Crippen LogP contribution in [0, 0.1) is 0 Å². The number of fused-ring (bicyclic) bond motifs is 3. The van der Waals surface area contributed by atoms with Crippen molar-refractivity contribution in [1.29, 1.82) is 0 Å². The molecule has 1 amide bonds. The summed E-state index contributed by atoms with van der Waals surface area (Å²) in [6.07, 6.45) is 3.15. The Labute approximate surface area is 151 Å². The molecule has 0 radical (unpaired) electrons. The second kappa shape index (κ2) is 5.95. The lowest BCUT2D eigenvalue weighted by atomic mass is 10.1. The Balaban J connectivity index is 1.44. The molecule has 1 saturated carbocycles. The summed E-state index contributed by atoms with van der Waals surface area (Å²) in [4.78, 5) is 21.3. The van der Waals surface area contributed by atoms with Crippen molar-refractivity contribution in [3.63, 3.8) is 0 Å². The van der Waals surface area contributed by atoms with E-state index in [1.807, 2.05) is 30.3 Å². The second-order valence-corrected chi connectivity index (χ2v) is 6.84. The summed E-state index contributed by atoms with van der Waals surface area (Å²) >= 11 is 0. The lowest BCUT2D eigenvalue weighted by Crippen LogP contribution is -2.13. The molecule has 2 aliphatic rings. The second-order valence-electron chi connectivity index (χ2n) is 6.84. The first kappa shape index (κ1) is 15.1. The maximum Gasteiger partial charge on any atom is 0.228 e. The first-order valence-corrected chi connectivity index (χ1v) is 8.84. The molecule has 2 heterocycles. The molecule has 5 rings (SSSR count). The molecule has 1 aromatic heterocycles. The number of anilines is 2. The fraction of sp³-hybridized carbons (Fsp3) is 0.190. The SMILES string of the molecule is O=C1Cc2cnc(N[C@H]3CC3c3ccccc3)nc2-c2ccccc2N1. The van der Waals surface area contributed by atoms with E-state index in [-0.39, 0.29) is 5.91 Å². The number of amides is 1. The average molecular weight is 342 g/mol. The molecule has 1 aliphatic carbocycles. The Morgan fingerprint density at radius 3 is 2.73 bits per heavy atom. The molecule has 3 aromatic rings. The number of hydrogen-bond donors (Lipinski definition) is 2. The Hall–Kier alpha value is -3.21. The van der Waals surface area contributed by atoms with Crippen LogP contribution in [0.25, 0.3) is 11.3 Å². The van der Waals surface area contributed by atoms with Crippen LogP contribution >= 0.6 is 0 Å². The number of hydrogen-bond acceptors (Lipinski definition) is 4. The van der Waals surface area contributed by atoms with Crippen LogP contribution in [0.4, 0.5) is 11.6 Å². The zero-order valence-electron chi connectivity index (χ0n) is 14.1. The van der Waals surface area contributed by atoms with Crippen LogP contribution in [0.1, 0.15) is 23.5 Å². The summed E-state index contributed by atoms with van der Waals surface area (Å²) in [5, 5.41) is 6.39. The van der Waals surface area contributed by atoms with E-state index < -0.39 is 0 Å². The van der Waals surface area contributed by atoms with Crippen molar-refractivity contribution >= 4 is 17.5 Å². The van der Waals surface area contributed by atoms with Gasteiger partial charge in [-0.05, 0) is 18.1 Å². The van der Waals surface area contributed by atoms with Crippen molar-refractivity contribution < 1.29 is 4.79 Å². The predicted octanol–water partition coefficient (Wildman–Crippen LogP) is 3.61. The van der Waals surface area contributed by atoms with Crippen LogP contribution in [0.2, 0.25) is 0 Å². The van der Waals surface area contributed by atoms with Gasteiger partial charge in [0.1, 0.15) is 0 Å². The van der Waals surface area contributed by atoms with Gasteiger partial charge in [0.2, 0.25) is 11.9 Å². The zero-order valence-corrected chi connectivity index (χ0v) is 14.1. The maximum absolute atomic E-state index is 12.1. The molecule has 1 aliphatic heterocycles. The molecule has 1 fully saturated rings. The molecule has 5 heteroatoms. The molecule has 2 atom stereocenters. The zero-order chi connectivity index (χ0) is 17.5. The van der Waals surface area contributed by atoms with Gasteiger partial charge in [-0.3, -0.25) is 4.79 Å². The number of nitrogens with zero attached hydrogens (tertiary/aromatic N) is 2. The molecule has 5 nitrogen and oxygen atoms in total. The Morgan fingerprint density at radius 1 is 1.04 bits per heavy atom. The molecule has 26 heavy (non-hydrogen) atoms. The molecule has 0 spiro atoms. The van der Waals surface area contributed by atoms with Gasteiger partial charge in [-0.25, -0.2) is 9.97 Å². The van der Waals surface area contributed by atoms with Gasteiger partial charge in [0, 0.05) is 29.3 Å². The molecular formula is C21H18N4O. The summed E-state index contributed by atoms with van der Waals surface area (Å²) in [7, 11) is 0. The summed E-state index contributed by atoms with van der Waals surface area (Å²) in [6.45, 7) is 0. The van der Waals surface area contributed by atoms with Crippen molar-refractivity contribution in [2.24, 2.45) is 0 Å². The van der Waals surface area contributed by atoms with Crippen LogP contribution in [-0.2, 0) is 11.2 Å². The molecule has 2 aromatic carbocycles. The molecule has 2 N–H and O–H groups in total. The fourth-order valence-corrected chi connectivity index (χ4v) is 3.59. The lowest BCUT2D eigenvalue weighted by Gasteiger charge is -2.10. The van der Waals surface area contributed by atoms with Crippen molar-refractivity contribution in [2.75, 3.05) is 10.6 Å². The average Bonchev–Trinajstić information content (AvgIpc) is 3.44. The van der Waals surface area contributed by atoms with Crippen LogP contribution in [0.5, 0.6) is 0 Å². The van der Waals surface area contributed by atoms with Crippen molar-refractivity contribution in [1.82, 2.24) is 9.97 Å². The molecule has 128 valence electrons. The third-order valence-corrected chi connectivity index (χ3v) is 5.00. The quantitative estimate of drug-likeness (QED) is 0.763. The third kappa shape index (κ3) is 2.71. The van der Waals surface area contributed by atoms with Gasteiger partial charge in [-0.1, -0.05) is 48.5 Å². The van der Waals surface area contributed by atoms with Gasteiger partial charge >= 0.3 is 0 Å². The minimum absolute atomic E-state index is 0.0353. The van der Waals surface area contributed by atoms with E-state index in [1.165, 1.54) is 5.56 Å². The maximum atomic E-state index is 12.1. The third-order valence-electron chi connectivity index (χ3n) is 5.00. The van der Waals surface area contributed by atoms with Crippen LogP contribution < -0.4 is 10.6 Å². The minimum atomic E-state index is -0.0353. The smallest absolute Gasteiger partial charge is 0.228 e. The summed E-state index contributed by atoms with van der Waals surface area (Å²) in [6, 6.07) is 18.6. The largest absolute Gasteiger partial charge is 0.351 e. The van der Waals surface area contributed by atoms with Crippen molar-refractivity contribution in [3.05, 3.63) is 71.9 Å². The van der Waals surface area contributed by atoms with Crippen LogP contribution in [0.3, 0.4) is 0 Å². The summed E-state index contributed by atoms with van der Waals surface area (Å²) in [5.74, 6) is 1.09. The van der Waals surface area contributed by atoms with Gasteiger partial charge in [-0.15, -0.1) is 0 Å². The molecule has 0 bridgehead atoms. The number of rotatable bonds is 3. The number of para-hydroxylation sites is 1. The highest BCUT2D eigenvalue weighted by Gasteiger charge is 2.38. The van der Waals surface area contributed by atoms with E-state index in [0.717, 1.165) is 28.9 Å². The topological polar surface area (TPSA) is 66.9 Å². The number of carbonyl (C=O) groups is 1. The van der Waals surface area contributed by atoms with Gasteiger partial charge in [0.05, 0.1) is 17.8 Å². The van der Waals surface area contributed by atoms with Crippen molar-refractivity contribution in [3.8, 4) is 11.3 Å². The summed E-state index contributed by atoms with van der Waals surface area (Å²) in [5.41, 5.74) is 4.77. The summed E-state index contributed by atoms with van der Waals surface area (Å²) < 4.78 is 0. The van der Waals surface area contributed by atoms with Gasteiger partial charge < -0.3 is 10.6 Å². The van der Waals surface area contributed by atoms with Crippen LogP contribution in [0.15, 0.2) is 60.8 Å². The Bertz CT molecular complexity index is 986. The fourth-order valence-electron chi connectivity index (χ4n) is 3.59. The van der Waals surface area contributed by atoms with E-state index in [1.54, 1.807) is 6.20 Å². The first-order valence-electron chi connectivity index (χ1n) is 8.84. The number of nitrogens with one attached hydrogen (secondary N) is 2. The minimum Gasteiger partial charge on any atom is -0.351 e. The monoisotopic (exact) mass is 342 g/mol. The standard InChI is InChI=1S/C21H18N4O/c26-19-10-14-12-22-21(24-18-11-16(18)13-6-2-1-3-7-13)25-20(14)15-8-4-5-9-17(15)23-19/h1-9,12,16,18H,10-11H2,(H,23,26)(H,22,24,25)/t16?,18-/m0/s1. The van der Waals surface area contributed by atoms with E-state index in [9.17, 15) is 4.79 Å². The van der Waals surface area contributed by atoms with E-state index in [2.05, 4.69) is 39.9 Å². The van der Waals surface area contributed by atoms with Crippen LogP contribution in [-0.4, -0.2) is 21.9 Å². The van der Waals surface area contributed by atoms with Crippen molar-refractivity contribution in [2.45, 2.75) is 24.8 Å². The predicted molar refractivity (Wildman–Crippen MR) is 101 cm³/mol. The highest BCUT2D eigenvalue weighted by molar-refractivity contribution is 5.99. The van der Waals surface area contributed by atoms with E-state index in [0.29, 0.717) is 24.3 Å². The molecular weight excluding hydrogens is 324 g/mol. The Morgan fingerprint density at radius 2 is 1.85 bits per heavy atom. The normalized spacial score (nSPS) is 20.4. The number of benzene rings is 2. The van der Waals surface area contributed by atoms with Gasteiger partial charge in [0.25, 0.3) is 0 Å². The highest BCUT2D eigenvalue weighted by Crippen LogP contribution is 2.42. The molecule has 1 unspecified atom stereocenters. The highest BCUT2D eigenvalue weighted by atomic mass is 16.1.